The van der Waals surface area contributed by atoms with E-state index in [1.165, 1.54) is 24.4 Å². The fraction of sp³-hybridized carbons (Fsp3) is 0.238. The number of nitrogens with two attached hydrogens (primary N) is 1. The summed E-state index contributed by atoms with van der Waals surface area (Å²) in [4.78, 5) is 35.9. The predicted octanol–water partition coefficient (Wildman–Crippen LogP) is 3.52. The number of carbonyl (C=O) groups excluding carboxylic acids is 3. The Hall–Kier alpha value is -2.62. The third-order valence-electron chi connectivity index (χ3n) is 4.13. The second-order valence-electron chi connectivity index (χ2n) is 7.00. The molecule has 8 nitrogen and oxygen atoms in total. The SMILES string of the molecule is CC(C)C(NC(=O)c1ccc(Cl)c(Cl)c1)C(=O)N/N=C\c1ccc(OCC(N)=O)c(Br)c1. The molecule has 0 spiro atoms. The largest absolute Gasteiger partial charge is 0.483 e. The van der Waals surface area contributed by atoms with Crippen LogP contribution in [0.3, 0.4) is 0 Å². The van der Waals surface area contributed by atoms with Gasteiger partial charge >= 0.3 is 0 Å². The van der Waals surface area contributed by atoms with Crippen LogP contribution in [0.2, 0.25) is 10.0 Å². The van der Waals surface area contributed by atoms with Crippen LogP contribution in [0.1, 0.15) is 29.8 Å². The summed E-state index contributed by atoms with van der Waals surface area (Å²) in [5.41, 5.74) is 8.42. The second-order valence-corrected chi connectivity index (χ2v) is 8.67. The van der Waals surface area contributed by atoms with Gasteiger partial charge in [-0.15, -0.1) is 0 Å². The maximum Gasteiger partial charge on any atom is 0.262 e. The number of hydrogen-bond acceptors (Lipinski definition) is 5. The van der Waals surface area contributed by atoms with Gasteiger partial charge in [0.05, 0.1) is 20.7 Å². The number of primary amides is 1. The van der Waals surface area contributed by atoms with Crippen molar-refractivity contribution in [2.75, 3.05) is 6.61 Å². The van der Waals surface area contributed by atoms with Gasteiger partial charge in [0.25, 0.3) is 17.7 Å². The zero-order chi connectivity index (χ0) is 23.8. The molecule has 2 aromatic carbocycles. The molecular formula is C21H21BrCl2N4O4. The number of nitrogens with one attached hydrogen (secondary N) is 2. The summed E-state index contributed by atoms with van der Waals surface area (Å²) >= 11 is 15.2. The average Bonchev–Trinajstić information content (AvgIpc) is 2.72. The van der Waals surface area contributed by atoms with E-state index >= 15 is 0 Å². The monoisotopic (exact) mass is 542 g/mol. The lowest BCUT2D eigenvalue weighted by Gasteiger charge is -2.20. The van der Waals surface area contributed by atoms with Crippen LogP contribution < -0.4 is 21.2 Å². The minimum Gasteiger partial charge on any atom is -0.483 e. The zero-order valence-corrected chi connectivity index (χ0v) is 20.3. The number of rotatable bonds is 9. The van der Waals surface area contributed by atoms with Crippen LogP contribution in [-0.4, -0.2) is 36.6 Å². The fourth-order valence-electron chi connectivity index (χ4n) is 2.50. The van der Waals surface area contributed by atoms with Gasteiger partial charge in [-0.3, -0.25) is 14.4 Å². The number of nitrogens with zero attached hydrogens (tertiary/aromatic N) is 1. The standard InChI is InChI=1S/C21H21BrCl2N4O4/c1-11(2)19(27-20(30)13-4-5-15(23)16(24)8-13)21(31)28-26-9-12-3-6-17(14(22)7-12)32-10-18(25)29/h3-9,11,19H,10H2,1-2H3,(H2,25,29)(H,27,30)(H,28,31)/b26-9-. The number of carbonyl (C=O) groups is 3. The van der Waals surface area contributed by atoms with Crippen molar-refractivity contribution in [3.63, 3.8) is 0 Å². The third kappa shape index (κ3) is 7.51. The normalized spacial score (nSPS) is 11.9. The van der Waals surface area contributed by atoms with Crippen LogP contribution in [0, 0.1) is 5.92 Å². The molecule has 0 radical (unpaired) electrons. The Morgan fingerprint density at radius 1 is 1.16 bits per heavy atom. The van der Waals surface area contributed by atoms with Gasteiger partial charge in [0.2, 0.25) is 0 Å². The lowest BCUT2D eigenvalue weighted by molar-refractivity contribution is -0.124. The highest BCUT2D eigenvalue weighted by atomic mass is 79.9. The van der Waals surface area contributed by atoms with Crippen molar-refractivity contribution in [3.8, 4) is 5.75 Å². The van der Waals surface area contributed by atoms with Crippen LogP contribution in [0.15, 0.2) is 46.0 Å². The molecule has 4 N–H and O–H groups in total. The zero-order valence-electron chi connectivity index (χ0n) is 17.2. The second kappa shape index (κ2) is 11.8. The predicted molar refractivity (Wildman–Crippen MR) is 127 cm³/mol. The molecule has 2 rings (SSSR count). The number of ether oxygens (including phenoxy) is 1. The summed E-state index contributed by atoms with van der Waals surface area (Å²) in [5, 5.41) is 7.20. The number of hydrogen-bond donors (Lipinski definition) is 3. The van der Waals surface area contributed by atoms with Crippen LogP contribution in [0.25, 0.3) is 0 Å². The van der Waals surface area contributed by atoms with Crippen LogP contribution >= 0.6 is 39.1 Å². The minimum atomic E-state index is -0.828. The van der Waals surface area contributed by atoms with Crippen molar-refractivity contribution in [1.29, 1.82) is 0 Å². The van der Waals surface area contributed by atoms with Gasteiger partial charge in [-0.1, -0.05) is 37.0 Å². The number of halogens is 3. The van der Waals surface area contributed by atoms with Crippen LogP contribution in [0.4, 0.5) is 0 Å². The Kier molecular flexibility index (Phi) is 9.49. The molecule has 170 valence electrons. The van der Waals surface area contributed by atoms with Crippen LogP contribution in [0.5, 0.6) is 5.75 Å². The Balaban J connectivity index is 2.01. The van der Waals surface area contributed by atoms with E-state index in [1.807, 2.05) is 0 Å². The molecule has 0 heterocycles. The molecule has 0 bridgehead atoms. The average molecular weight is 544 g/mol. The quantitative estimate of drug-likeness (QED) is 0.330. The van der Waals surface area contributed by atoms with E-state index in [0.29, 0.717) is 20.8 Å². The molecule has 0 aromatic heterocycles. The van der Waals surface area contributed by atoms with Crippen molar-refractivity contribution < 1.29 is 19.1 Å². The van der Waals surface area contributed by atoms with E-state index < -0.39 is 23.8 Å². The van der Waals surface area contributed by atoms with E-state index in [0.717, 1.165) is 0 Å². The molecule has 11 heteroatoms. The van der Waals surface area contributed by atoms with Gasteiger partial charge < -0.3 is 15.8 Å². The van der Waals surface area contributed by atoms with E-state index in [2.05, 4.69) is 31.8 Å². The van der Waals surface area contributed by atoms with E-state index in [1.54, 1.807) is 32.0 Å². The lowest BCUT2D eigenvalue weighted by Crippen LogP contribution is -2.48. The third-order valence-corrected chi connectivity index (χ3v) is 5.49. The molecule has 0 aliphatic heterocycles. The van der Waals surface area contributed by atoms with E-state index in [4.69, 9.17) is 33.7 Å². The first-order valence-electron chi connectivity index (χ1n) is 9.38. The minimum absolute atomic E-state index is 0.201. The van der Waals surface area contributed by atoms with Gasteiger partial charge in [0.1, 0.15) is 11.8 Å². The topological polar surface area (TPSA) is 123 Å². The Bertz CT molecular complexity index is 1050. The van der Waals surface area contributed by atoms with Gasteiger partial charge in [-0.2, -0.15) is 5.10 Å². The van der Waals surface area contributed by atoms with Gasteiger partial charge in [-0.05, 0) is 63.8 Å². The first-order chi connectivity index (χ1) is 15.1. The first-order valence-corrected chi connectivity index (χ1v) is 10.9. The summed E-state index contributed by atoms with van der Waals surface area (Å²) < 4.78 is 5.84. The molecule has 3 amide bonds. The highest BCUT2D eigenvalue weighted by Gasteiger charge is 2.24. The summed E-state index contributed by atoms with van der Waals surface area (Å²) in [6.07, 6.45) is 1.43. The highest BCUT2D eigenvalue weighted by molar-refractivity contribution is 9.10. The molecule has 0 aliphatic carbocycles. The summed E-state index contributed by atoms with van der Waals surface area (Å²) in [5.74, 6) is -1.29. The number of amides is 3. The molecule has 1 atom stereocenters. The van der Waals surface area contributed by atoms with Gasteiger partial charge in [-0.25, -0.2) is 5.43 Å². The summed E-state index contributed by atoms with van der Waals surface area (Å²) in [6, 6.07) is 8.64. The van der Waals surface area contributed by atoms with Crippen molar-refractivity contribution >= 4 is 63.1 Å². The molecule has 2 aromatic rings. The van der Waals surface area contributed by atoms with Crippen molar-refractivity contribution in [3.05, 3.63) is 62.0 Å². The molecule has 0 fully saturated rings. The van der Waals surface area contributed by atoms with Crippen molar-refractivity contribution in [2.24, 2.45) is 16.8 Å². The summed E-state index contributed by atoms with van der Waals surface area (Å²) in [7, 11) is 0. The fourth-order valence-corrected chi connectivity index (χ4v) is 3.31. The lowest BCUT2D eigenvalue weighted by atomic mass is 10.0. The Labute approximate surface area is 203 Å². The van der Waals surface area contributed by atoms with E-state index in [9.17, 15) is 14.4 Å². The van der Waals surface area contributed by atoms with E-state index in [-0.39, 0.29) is 23.1 Å². The van der Waals surface area contributed by atoms with Crippen LogP contribution in [-0.2, 0) is 9.59 Å². The Morgan fingerprint density at radius 2 is 1.88 bits per heavy atom. The summed E-state index contributed by atoms with van der Waals surface area (Å²) in [6.45, 7) is 3.35. The molecular weight excluding hydrogens is 523 g/mol. The van der Waals surface area contributed by atoms with Gasteiger partial charge in [0.15, 0.2) is 6.61 Å². The van der Waals surface area contributed by atoms with Gasteiger partial charge in [0, 0.05) is 5.56 Å². The Morgan fingerprint density at radius 3 is 2.47 bits per heavy atom. The highest BCUT2D eigenvalue weighted by Crippen LogP contribution is 2.25. The molecule has 0 aliphatic rings. The van der Waals surface area contributed by atoms with Crippen molar-refractivity contribution in [2.45, 2.75) is 19.9 Å². The first kappa shape index (κ1) is 25.6. The maximum atomic E-state index is 12.6. The van der Waals surface area contributed by atoms with Crippen molar-refractivity contribution in [1.82, 2.24) is 10.7 Å². The molecule has 1 unspecified atom stereocenters. The number of hydrazone groups is 1. The molecule has 0 saturated heterocycles. The smallest absolute Gasteiger partial charge is 0.262 e. The molecule has 32 heavy (non-hydrogen) atoms. The number of benzene rings is 2. The molecule has 0 saturated carbocycles. The maximum absolute atomic E-state index is 12.6.